The molecular formula is C16H17N3O3. The van der Waals surface area contributed by atoms with Crippen molar-refractivity contribution in [3.63, 3.8) is 0 Å². The van der Waals surface area contributed by atoms with Gasteiger partial charge in [-0.1, -0.05) is 12.1 Å². The number of ether oxygens (including phenoxy) is 1. The van der Waals surface area contributed by atoms with Crippen LogP contribution in [0, 0.1) is 6.92 Å². The third kappa shape index (κ3) is 2.67. The molecule has 0 saturated heterocycles. The number of para-hydroxylation sites is 1. The number of furan rings is 1. The van der Waals surface area contributed by atoms with Crippen molar-refractivity contribution in [2.24, 2.45) is 0 Å². The van der Waals surface area contributed by atoms with Crippen LogP contribution in [0.5, 0.6) is 5.75 Å². The SMILES string of the molecule is COc1cccc2cc(C(=O)NCCn3ccnc3C)oc12. The number of aromatic nitrogens is 2. The molecule has 22 heavy (non-hydrogen) atoms. The molecule has 2 aromatic heterocycles. The number of rotatable bonds is 5. The summed E-state index contributed by atoms with van der Waals surface area (Å²) in [5.41, 5.74) is 0.584. The summed E-state index contributed by atoms with van der Waals surface area (Å²) in [4.78, 5) is 16.3. The van der Waals surface area contributed by atoms with Crippen LogP contribution in [0.3, 0.4) is 0 Å². The Hall–Kier alpha value is -2.76. The third-order valence-corrected chi connectivity index (χ3v) is 3.51. The lowest BCUT2D eigenvalue weighted by Gasteiger charge is -2.05. The number of hydrogen-bond acceptors (Lipinski definition) is 4. The van der Waals surface area contributed by atoms with Gasteiger partial charge in [0, 0.05) is 30.9 Å². The highest BCUT2D eigenvalue weighted by Crippen LogP contribution is 2.28. The number of fused-ring (bicyclic) bond motifs is 1. The van der Waals surface area contributed by atoms with Crippen molar-refractivity contribution < 1.29 is 13.9 Å². The van der Waals surface area contributed by atoms with Crippen molar-refractivity contribution in [3.05, 3.63) is 48.2 Å². The number of benzene rings is 1. The molecule has 0 unspecified atom stereocenters. The summed E-state index contributed by atoms with van der Waals surface area (Å²) >= 11 is 0. The fraction of sp³-hybridized carbons (Fsp3) is 0.250. The minimum Gasteiger partial charge on any atom is -0.493 e. The van der Waals surface area contributed by atoms with Gasteiger partial charge < -0.3 is 19.0 Å². The zero-order valence-corrected chi connectivity index (χ0v) is 12.5. The first-order valence-electron chi connectivity index (χ1n) is 7.01. The quantitative estimate of drug-likeness (QED) is 0.785. The lowest BCUT2D eigenvalue weighted by molar-refractivity contribution is 0.0926. The van der Waals surface area contributed by atoms with E-state index in [0.29, 0.717) is 24.4 Å². The summed E-state index contributed by atoms with van der Waals surface area (Å²) in [6.07, 6.45) is 3.62. The zero-order valence-electron chi connectivity index (χ0n) is 12.5. The molecule has 6 heteroatoms. The fourth-order valence-electron chi connectivity index (χ4n) is 2.33. The van der Waals surface area contributed by atoms with Crippen LogP contribution in [0.25, 0.3) is 11.0 Å². The molecule has 0 atom stereocenters. The Kier molecular flexibility index (Phi) is 3.82. The van der Waals surface area contributed by atoms with E-state index < -0.39 is 0 Å². The van der Waals surface area contributed by atoms with Crippen molar-refractivity contribution in [2.75, 3.05) is 13.7 Å². The maximum Gasteiger partial charge on any atom is 0.287 e. The van der Waals surface area contributed by atoms with E-state index in [-0.39, 0.29) is 11.7 Å². The van der Waals surface area contributed by atoms with Gasteiger partial charge in [-0.2, -0.15) is 0 Å². The van der Waals surface area contributed by atoms with Crippen LogP contribution in [0.2, 0.25) is 0 Å². The van der Waals surface area contributed by atoms with Crippen LogP contribution in [-0.2, 0) is 6.54 Å². The minimum absolute atomic E-state index is 0.240. The average Bonchev–Trinajstić information content (AvgIpc) is 3.13. The van der Waals surface area contributed by atoms with E-state index in [2.05, 4.69) is 10.3 Å². The number of methoxy groups -OCH3 is 1. The van der Waals surface area contributed by atoms with Gasteiger partial charge in [0.15, 0.2) is 17.1 Å². The zero-order chi connectivity index (χ0) is 15.5. The monoisotopic (exact) mass is 299 g/mol. The summed E-state index contributed by atoms with van der Waals surface area (Å²) in [5.74, 6) is 1.58. The molecule has 114 valence electrons. The van der Waals surface area contributed by atoms with Gasteiger partial charge in [0.1, 0.15) is 5.82 Å². The Balaban J connectivity index is 1.68. The van der Waals surface area contributed by atoms with Crippen molar-refractivity contribution in [1.29, 1.82) is 0 Å². The number of nitrogens with zero attached hydrogens (tertiary/aromatic N) is 2. The average molecular weight is 299 g/mol. The molecule has 1 N–H and O–H groups in total. The molecule has 3 aromatic rings. The first kappa shape index (κ1) is 14.2. The number of imidazole rings is 1. The summed E-state index contributed by atoms with van der Waals surface area (Å²) in [6, 6.07) is 7.26. The van der Waals surface area contributed by atoms with E-state index >= 15 is 0 Å². The second-order valence-corrected chi connectivity index (χ2v) is 4.91. The van der Waals surface area contributed by atoms with Crippen LogP contribution in [0.4, 0.5) is 0 Å². The summed E-state index contributed by atoms with van der Waals surface area (Å²) < 4.78 is 12.8. The third-order valence-electron chi connectivity index (χ3n) is 3.51. The van der Waals surface area contributed by atoms with Crippen molar-refractivity contribution in [2.45, 2.75) is 13.5 Å². The molecule has 0 spiro atoms. The van der Waals surface area contributed by atoms with Gasteiger partial charge >= 0.3 is 0 Å². The molecule has 0 radical (unpaired) electrons. The molecule has 0 aliphatic heterocycles. The van der Waals surface area contributed by atoms with Crippen LogP contribution in [0.15, 0.2) is 41.1 Å². The maximum atomic E-state index is 12.2. The molecule has 2 heterocycles. The van der Waals surface area contributed by atoms with E-state index in [0.717, 1.165) is 11.2 Å². The Labute approximate surface area is 127 Å². The molecule has 1 amide bonds. The largest absolute Gasteiger partial charge is 0.493 e. The number of aryl methyl sites for hydroxylation is 1. The smallest absolute Gasteiger partial charge is 0.287 e. The Bertz CT molecular complexity index is 804. The summed E-state index contributed by atoms with van der Waals surface area (Å²) in [6.45, 7) is 3.10. The van der Waals surface area contributed by atoms with E-state index in [9.17, 15) is 4.79 Å². The van der Waals surface area contributed by atoms with Gasteiger partial charge in [-0.15, -0.1) is 0 Å². The summed E-state index contributed by atoms with van der Waals surface area (Å²) in [5, 5.41) is 3.68. The van der Waals surface area contributed by atoms with Crippen LogP contribution in [0.1, 0.15) is 16.4 Å². The molecule has 0 aliphatic carbocycles. The molecule has 6 nitrogen and oxygen atoms in total. The first-order chi connectivity index (χ1) is 10.7. The van der Waals surface area contributed by atoms with Crippen molar-refractivity contribution in [1.82, 2.24) is 14.9 Å². The van der Waals surface area contributed by atoms with E-state index in [1.54, 1.807) is 25.4 Å². The predicted molar refractivity (Wildman–Crippen MR) is 82.1 cm³/mol. The second kappa shape index (κ2) is 5.93. The van der Waals surface area contributed by atoms with Gasteiger partial charge in [0.05, 0.1) is 7.11 Å². The Morgan fingerprint density at radius 3 is 3.05 bits per heavy atom. The van der Waals surface area contributed by atoms with E-state index in [1.165, 1.54) is 0 Å². The van der Waals surface area contributed by atoms with Gasteiger partial charge in [-0.05, 0) is 19.1 Å². The molecule has 3 rings (SSSR count). The second-order valence-electron chi connectivity index (χ2n) is 4.91. The Morgan fingerprint density at radius 1 is 1.45 bits per heavy atom. The number of carbonyl (C=O) groups excluding carboxylic acids is 1. The molecule has 0 fully saturated rings. The van der Waals surface area contributed by atoms with Gasteiger partial charge in [-0.3, -0.25) is 4.79 Å². The molecule has 0 bridgehead atoms. The summed E-state index contributed by atoms with van der Waals surface area (Å²) in [7, 11) is 1.57. The number of carbonyl (C=O) groups is 1. The minimum atomic E-state index is -0.240. The standard InChI is InChI=1S/C16H17N3O3/c1-11-17-6-8-19(11)9-7-18-16(20)14-10-12-4-3-5-13(21-2)15(12)22-14/h3-6,8,10H,7,9H2,1-2H3,(H,18,20). The maximum absolute atomic E-state index is 12.2. The fourth-order valence-corrected chi connectivity index (χ4v) is 2.33. The molecule has 1 aromatic carbocycles. The molecule has 0 saturated carbocycles. The lowest BCUT2D eigenvalue weighted by Crippen LogP contribution is -2.26. The lowest BCUT2D eigenvalue weighted by atomic mass is 10.2. The predicted octanol–water partition coefficient (Wildman–Crippen LogP) is 2.38. The van der Waals surface area contributed by atoms with Gasteiger partial charge in [-0.25, -0.2) is 4.98 Å². The van der Waals surface area contributed by atoms with E-state index in [1.807, 2.05) is 29.8 Å². The topological polar surface area (TPSA) is 69.3 Å². The number of hydrogen-bond donors (Lipinski definition) is 1. The first-order valence-corrected chi connectivity index (χ1v) is 7.01. The van der Waals surface area contributed by atoms with E-state index in [4.69, 9.17) is 9.15 Å². The van der Waals surface area contributed by atoms with Crippen molar-refractivity contribution in [3.8, 4) is 5.75 Å². The van der Waals surface area contributed by atoms with Crippen LogP contribution >= 0.6 is 0 Å². The van der Waals surface area contributed by atoms with Gasteiger partial charge in [0.2, 0.25) is 0 Å². The Morgan fingerprint density at radius 2 is 2.32 bits per heavy atom. The molecular weight excluding hydrogens is 282 g/mol. The van der Waals surface area contributed by atoms with Gasteiger partial charge in [0.25, 0.3) is 5.91 Å². The molecule has 0 aliphatic rings. The highest BCUT2D eigenvalue weighted by Gasteiger charge is 2.14. The van der Waals surface area contributed by atoms with Crippen LogP contribution in [-0.4, -0.2) is 29.1 Å². The van der Waals surface area contributed by atoms with Crippen LogP contribution < -0.4 is 10.1 Å². The van der Waals surface area contributed by atoms with Crippen molar-refractivity contribution >= 4 is 16.9 Å². The number of nitrogens with one attached hydrogen (secondary N) is 1. The normalized spacial score (nSPS) is 10.8. The highest BCUT2D eigenvalue weighted by atomic mass is 16.5. The highest BCUT2D eigenvalue weighted by molar-refractivity contribution is 5.97. The number of amides is 1.